The Bertz CT molecular complexity index is 1210. The summed E-state index contributed by atoms with van der Waals surface area (Å²) >= 11 is 0. The number of piperidine rings is 1. The molecule has 4 aromatic rings. The van der Waals surface area contributed by atoms with Crippen LogP contribution in [-0.4, -0.2) is 48.8 Å². The average Bonchev–Trinajstić information content (AvgIpc) is 3.17. The minimum Gasteiger partial charge on any atom is -0.355 e. The summed E-state index contributed by atoms with van der Waals surface area (Å²) < 4.78 is 1.86. The lowest BCUT2D eigenvalue weighted by atomic mass is 10.1. The van der Waals surface area contributed by atoms with E-state index in [9.17, 15) is 0 Å². The van der Waals surface area contributed by atoms with Crippen molar-refractivity contribution in [1.29, 1.82) is 0 Å². The molecule has 2 N–H and O–H groups in total. The molecular weight excluding hydrogens is 376 g/mol. The number of aromatic nitrogens is 6. The number of hydrogen-bond acceptors (Lipinski definition) is 7. The van der Waals surface area contributed by atoms with Gasteiger partial charge in [-0.3, -0.25) is 9.97 Å². The van der Waals surface area contributed by atoms with E-state index < -0.39 is 0 Å². The molecule has 0 aromatic carbocycles. The highest BCUT2D eigenvalue weighted by molar-refractivity contribution is 5.82. The molecule has 1 unspecified atom stereocenters. The van der Waals surface area contributed by atoms with Gasteiger partial charge in [0.2, 0.25) is 0 Å². The predicted molar refractivity (Wildman–Crippen MR) is 117 cm³/mol. The Kier molecular flexibility index (Phi) is 4.63. The van der Waals surface area contributed by atoms with E-state index in [1.807, 2.05) is 36.1 Å². The fraction of sp³-hybridized carbons (Fsp3) is 0.318. The van der Waals surface area contributed by atoms with E-state index in [0.29, 0.717) is 0 Å². The molecule has 1 fully saturated rings. The van der Waals surface area contributed by atoms with Crippen molar-refractivity contribution < 1.29 is 0 Å². The number of nitrogens with zero attached hydrogens (tertiary/aromatic N) is 7. The van der Waals surface area contributed by atoms with Crippen LogP contribution in [0.15, 0.2) is 43.0 Å². The van der Waals surface area contributed by atoms with Gasteiger partial charge < -0.3 is 10.6 Å². The fourth-order valence-electron chi connectivity index (χ4n) is 3.98. The van der Waals surface area contributed by atoms with E-state index in [1.165, 1.54) is 0 Å². The lowest BCUT2D eigenvalue weighted by Gasteiger charge is -2.32. The Morgan fingerprint density at radius 3 is 2.77 bits per heavy atom. The Labute approximate surface area is 174 Å². The lowest BCUT2D eigenvalue weighted by molar-refractivity contribution is 0.502. The largest absolute Gasteiger partial charge is 0.355 e. The molecule has 30 heavy (non-hydrogen) atoms. The second-order valence-electron chi connectivity index (χ2n) is 7.89. The van der Waals surface area contributed by atoms with Gasteiger partial charge >= 0.3 is 0 Å². The zero-order valence-corrected chi connectivity index (χ0v) is 17.2. The fourth-order valence-corrected chi connectivity index (χ4v) is 3.98. The van der Waals surface area contributed by atoms with Gasteiger partial charge in [-0.15, -0.1) is 0 Å². The first kappa shape index (κ1) is 18.6. The van der Waals surface area contributed by atoms with Crippen LogP contribution in [0, 0.1) is 13.8 Å². The highest BCUT2D eigenvalue weighted by atomic mass is 15.3. The van der Waals surface area contributed by atoms with Gasteiger partial charge in [-0.1, -0.05) is 6.07 Å². The van der Waals surface area contributed by atoms with Gasteiger partial charge in [-0.2, -0.15) is 5.10 Å². The number of rotatable bonds is 3. The molecule has 5 heterocycles. The summed E-state index contributed by atoms with van der Waals surface area (Å²) in [5, 5.41) is 5.53. The molecular formula is C22H24N8. The predicted octanol–water partition coefficient (Wildman–Crippen LogP) is 2.82. The first-order chi connectivity index (χ1) is 14.6. The number of pyridine rings is 2. The molecule has 0 spiro atoms. The smallest absolute Gasteiger partial charge is 0.156 e. The molecule has 0 bridgehead atoms. The molecule has 4 aromatic heterocycles. The topological polar surface area (TPSA) is 98.6 Å². The summed E-state index contributed by atoms with van der Waals surface area (Å²) in [5.74, 6) is 1.75. The number of nitrogens with two attached hydrogens (primary N) is 1. The normalized spacial score (nSPS) is 16.9. The molecule has 5 rings (SSSR count). The minimum atomic E-state index is 0.193. The lowest BCUT2D eigenvalue weighted by Crippen LogP contribution is -2.43. The quantitative estimate of drug-likeness (QED) is 0.564. The molecule has 1 saturated heterocycles. The summed E-state index contributed by atoms with van der Waals surface area (Å²) in [6, 6.07) is 6.28. The van der Waals surface area contributed by atoms with Gasteiger partial charge in [-0.05, 0) is 44.4 Å². The van der Waals surface area contributed by atoms with Gasteiger partial charge in [0.05, 0.1) is 29.3 Å². The number of hydrogen-bond donors (Lipinski definition) is 1. The highest BCUT2D eigenvalue weighted by Crippen LogP contribution is 2.26. The van der Waals surface area contributed by atoms with Crippen LogP contribution in [0.4, 0.5) is 5.82 Å². The van der Waals surface area contributed by atoms with Gasteiger partial charge in [0.15, 0.2) is 5.82 Å². The van der Waals surface area contributed by atoms with Crippen molar-refractivity contribution in [2.75, 3.05) is 18.0 Å². The maximum absolute atomic E-state index is 6.20. The third-order valence-corrected chi connectivity index (χ3v) is 5.50. The standard InChI is InChI=1S/C22H24N8/c1-14-5-6-21(28-22(14)29-7-3-4-17(23)13-29)30-20-8-18(25-10-16(20)11-26-30)19-12-24-9-15(2)27-19/h5-6,8-12,17H,3-4,7,13,23H2,1-2H3. The average molecular weight is 400 g/mol. The summed E-state index contributed by atoms with van der Waals surface area (Å²) in [4.78, 5) is 20.6. The van der Waals surface area contributed by atoms with E-state index in [1.54, 1.807) is 12.4 Å². The van der Waals surface area contributed by atoms with Crippen molar-refractivity contribution in [1.82, 2.24) is 29.7 Å². The van der Waals surface area contributed by atoms with Crippen molar-refractivity contribution in [2.24, 2.45) is 5.73 Å². The zero-order valence-electron chi connectivity index (χ0n) is 17.2. The van der Waals surface area contributed by atoms with E-state index in [2.05, 4.69) is 37.9 Å². The second-order valence-corrected chi connectivity index (χ2v) is 7.89. The van der Waals surface area contributed by atoms with Crippen molar-refractivity contribution in [2.45, 2.75) is 32.7 Å². The first-order valence-electron chi connectivity index (χ1n) is 10.2. The van der Waals surface area contributed by atoms with Crippen molar-refractivity contribution in [3.8, 4) is 17.2 Å². The third-order valence-electron chi connectivity index (χ3n) is 5.50. The molecule has 1 aliphatic rings. The number of aryl methyl sites for hydroxylation is 2. The van der Waals surface area contributed by atoms with Crippen LogP contribution in [0.1, 0.15) is 24.1 Å². The van der Waals surface area contributed by atoms with Gasteiger partial charge in [0.1, 0.15) is 11.5 Å². The van der Waals surface area contributed by atoms with Gasteiger partial charge in [-0.25, -0.2) is 14.6 Å². The van der Waals surface area contributed by atoms with Crippen LogP contribution in [0.3, 0.4) is 0 Å². The molecule has 0 saturated carbocycles. The van der Waals surface area contributed by atoms with E-state index in [-0.39, 0.29) is 6.04 Å². The molecule has 0 radical (unpaired) electrons. The summed E-state index contributed by atoms with van der Waals surface area (Å²) in [7, 11) is 0. The van der Waals surface area contributed by atoms with Crippen LogP contribution >= 0.6 is 0 Å². The number of fused-ring (bicyclic) bond motifs is 1. The molecule has 152 valence electrons. The Morgan fingerprint density at radius 2 is 1.93 bits per heavy atom. The Morgan fingerprint density at radius 1 is 1.03 bits per heavy atom. The molecule has 1 atom stereocenters. The van der Waals surface area contributed by atoms with Crippen molar-refractivity contribution in [3.05, 3.63) is 54.2 Å². The molecule has 1 aliphatic heterocycles. The summed E-state index contributed by atoms with van der Waals surface area (Å²) in [6.07, 6.45) is 9.24. The maximum Gasteiger partial charge on any atom is 0.156 e. The van der Waals surface area contributed by atoms with E-state index in [0.717, 1.165) is 71.1 Å². The van der Waals surface area contributed by atoms with Crippen LogP contribution < -0.4 is 10.6 Å². The SMILES string of the molecule is Cc1cncc(-c2cc3c(cn2)cnn3-c2ccc(C)c(N3CCCC(N)C3)n2)n1. The van der Waals surface area contributed by atoms with Crippen molar-refractivity contribution in [3.63, 3.8) is 0 Å². The summed E-state index contributed by atoms with van der Waals surface area (Å²) in [5.41, 5.74) is 10.6. The van der Waals surface area contributed by atoms with Gasteiger partial charge in [0.25, 0.3) is 0 Å². The van der Waals surface area contributed by atoms with Crippen molar-refractivity contribution >= 4 is 16.7 Å². The molecule has 8 nitrogen and oxygen atoms in total. The summed E-state index contributed by atoms with van der Waals surface area (Å²) in [6.45, 7) is 5.82. The first-order valence-corrected chi connectivity index (χ1v) is 10.2. The third kappa shape index (κ3) is 3.39. The van der Waals surface area contributed by atoms with E-state index in [4.69, 9.17) is 10.7 Å². The molecule has 0 aliphatic carbocycles. The maximum atomic E-state index is 6.20. The monoisotopic (exact) mass is 400 g/mol. The van der Waals surface area contributed by atoms with Crippen LogP contribution in [0.5, 0.6) is 0 Å². The second kappa shape index (κ2) is 7.46. The Balaban J connectivity index is 1.58. The van der Waals surface area contributed by atoms with Gasteiger partial charge in [0, 0.05) is 36.9 Å². The van der Waals surface area contributed by atoms with E-state index >= 15 is 0 Å². The highest BCUT2D eigenvalue weighted by Gasteiger charge is 2.20. The molecule has 0 amide bonds. The molecule has 8 heteroatoms. The Hall–Kier alpha value is -3.39. The minimum absolute atomic E-state index is 0.193. The number of anilines is 1. The van der Waals surface area contributed by atoms with Crippen LogP contribution in [-0.2, 0) is 0 Å². The van der Waals surface area contributed by atoms with Crippen LogP contribution in [0.2, 0.25) is 0 Å². The van der Waals surface area contributed by atoms with Crippen LogP contribution in [0.25, 0.3) is 28.1 Å². The zero-order chi connectivity index (χ0) is 20.7.